The molecule has 1 aromatic carbocycles. The van der Waals surface area contributed by atoms with Crippen molar-refractivity contribution in [3.05, 3.63) is 53.9 Å². The number of aliphatic carboxylic acids is 1. The molecule has 2 aromatic rings. The molecular formula is C24H31N5O8. The summed E-state index contributed by atoms with van der Waals surface area (Å²) in [6.07, 6.45) is 3.80. The predicted molar refractivity (Wildman–Crippen MR) is 131 cm³/mol. The number of carbonyl (C=O) groups is 4. The number of unbranched alkanes of at least 4 members (excludes halogenated alkanes) is 1. The number of hydrogen-bond acceptors (Lipinski definition) is 8. The number of aromatic nitrogens is 1. The third kappa shape index (κ3) is 10.7. The number of ether oxygens (including phenoxy) is 2. The number of alkyl carbamates (subject to hydrolysis) is 1. The Kier molecular flexibility index (Phi) is 12.0. The van der Waals surface area contributed by atoms with Crippen molar-refractivity contribution >= 4 is 24.0 Å². The van der Waals surface area contributed by atoms with Gasteiger partial charge in [-0.05, 0) is 36.2 Å². The number of nitrogens with one attached hydrogen (secondary N) is 4. The van der Waals surface area contributed by atoms with Crippen LogP contribution in [0.4, 0.5) is 9.59 Å². The van der Waals surface area contributed by atoms with Crippen molar-refractivity contribution in [3.8, 4) is 11.5 Å². The van der Waals surface area contributed by atoms with Crippen LogP contribution in [0.25, 0.3) is 0 Å². The van der Waals surface area contributed by atoms with Crippen molar-refractivity contribution in [1.29, 1.82) is 0 Å². The van der Waals surface area contributed by atoms with Crippen molar-refractivity contribution in [2.24, 2.45) is 0 Å². The molecule has 4 amide bonds. The minimum atomic E-state index is -1.42. The molecule has 0 aliphatic carbocycles. The molecule has 1 heterocycles. The fourth-order valence-corrected chi connectivity index (χ4v) is 2.86. The van der Waals surface area contributed by atoms with Crippen LogP contribution in [0, 0.1) is 0 Å². The Bertz CT molecular complexity index is 1050. The molecule has 0 radical (unpaired) electrons. The fourth-order valence-electron chi connectivity index (χ4n) is 2.86. The van der Waals surface area contributed by atoms with Gasteiger partial charge in [0.2, 0.25) is 0 Å². The number of benzene rings is 1. The van der Waals surface area contributed by atoms with E-state index in [0.717, 1.165) is 12.0 Å². The summed E-state index contributed by atoms with van der Waals surface area (Å²) in [5.41, 5.74) is 0.788. The van der Waals surface area contributed by atoms with Crippen LogP contribution < -0.4 is 26.0 Å². The number of carboxylic acid groups (broad SMARTS) is 1. The van der Waals surface area contributed by atoms with Crippen LogP contribution in [0.15, 0.2) is 42.7 Å². The number of amides is 4. The van der Waals surface area contributed by atoms with Crippen LogP contribution in [-0.4, -0.2) is 71.5 Å². The van der Waals surface area contributed by atoms with E-state index in [-0.39, 0.29) is 37.1 Å². The lowest BCUT2D eigenvalue weighted by molar-refractivity contribution is -0.139. The molecule has 13 nitrogen and oxygen atoms in total. The molecule has 0 saturated heterocycles. The highest BCUT2D eigenvalue weighted by Gasteiger charge is 2.22. The smallest absolute Gasteiger partial charge is 0.407 e. The number of phenolic OH excluding ortho intramolecular Hbond substituents is 1. The van der Waals surface area contributed by atoms with Gasteiger partial charge in [0.25, 0.3) is 5.91 Å². The van der Waals surface area contributed by atoms with Gasteiger partial charge in [-0.25, -0.2) is 14.4 Å². The summed E-state index contributed by atoms with van der Waals surface area (Å²) in [7, 11) is 0. The summed E-state index contributed by atoms with van der Waals surface area (Å²) in [6, 6.07) is 5.74. The van der Waals surface area contributed by atoms with Crippen LogP contribution in [0.5, 0.6) is 11.5 Å². The molecule has 1 aromatic heterocycles. The number of pyridine rings is 1. The lowest BCUT2D eigenvalue weighted by Gasteiger charge is -2.16. The third-order valence-corrected chi connectivity index (χ3v) is 4.86. The second kappa shape index (κ2) is 15.4. The number of rotatable bonds is 14. The van der Waals surface area contributed by atoms with Gasteiger partial charge in [-0.15, -0.1) is 0 Å². The Hall–Kier alpha value is -4.55. The van der Waals surface area contributed by atoms with Gasteiger partial charge in [-0.2, -0.15) is 0 Å². The molecule has 13 heteroatoms. The van der Waals surface area contributed by atoms with Gasteiger partial charge in [0.1, 0.15) is 24.1 Å². The Balaban J connectivity index is 1.75. The number of hydrogen-bond donors (Lipinski definition) is 6. The first-order chi connectivity index (χ1) is 17.8. The first kappa shape index (κ1) is 28.7. The maximum atomic E-state index is 12.4. The monoisotopic (exact) mass is 517 g/mol. The summed E-state index contributed by atoms with van der Waals surface area (Å²) in [6.45, 7) is 2.28. The zero-order chi connectivity index (χ0) is 27.0. The van der Waals surface area contributed by atoms with Crippen LogP contribution in [-0.2, 0) is 16.1 Å². The molecule has 0 unspecified atom stereocenters. The highest BCUT2D eigenvalue weighted by atomic mass is 16.5. The van der Waals surface area contributed by atoms with Gasteiger partial charge >= 0.3 is 18.1 Å². The Morgan fingerprint density at radius 3 is 2.46 bits per heavy atom. The molecule has 0 fully saturated rings. The summed E-state index contributed by atoms with van der Waals surface area (Å²) in [5, 5.41) is 29.3. The molecule has 0 spiro atoms. The average molecular weight is 518 g/mol. The average Bonchev–Trinajstić information content (AvgIpc) is 2.88. The van der Waals surface area contributed by atoms with E-state index in [1.807, 2.05) is 6.92 Å². The lowest BCUT2D eigenvalue weighted by Crippen LogP contribution is -2.48. The van der Waals surface area contributed by atoms with Crippen LogP contribution in [0.2, 0.25) is 0 Å². The molecule has 0 bridgehead atoms. The van der Waals surface area contributed by atoms with Gasteiger partial charge in [-0.1, -0.05) is 13.3 Å². The lowest BCUT2D eigenvalue weighted by atomic mass is 10.1. The van der Waals surface area contributed by atoms with Gasteiger partial charge < -0.3 is 41.0 Å². The van der Waals surface area contributed by atoms with Crippen LogP contribution in [0.1, 0.15) is 35.7 Å². The van der Waals surface area contributed by atoms with E-state index in [2.05, 4.69) is 26.3 Å². The molecule has 0 aliphatic heterocycles. The highest BCUT2D eigenvalue weighted by Crippen LogP contribution is 2.23. The van der Waals surface area contributed by atoms with Crippen molar-refractivity contribution < 1.29 is 38.9 Å². The predicted octanol–water partition coefficient (Wildman–Crippen LogP) is 1.37. The van der Waals surface area contributed by atoms with Crippen molar-refractivity contribution in [2.45, 2.75) is 32.4 Å². The summed E-state index contributed by atoms with van der Waals surface area (Å²) in [5.74, 6) is -2.24. The number of nitrogens with zero attached hydrogens (tertiary/aromatic N) is 1. The van der Waals surface area contributed by atoms with Crippen LogP contribution >= 0.6 is 0 Å². The number of aromatic hydroxyl groups is 1. The normalized spacial score (nSPS) is 11.1. The van der Waals surface area contributed by atoms with E-state index in [1.54, 1.807) is 24.5 Å². The summed E-state index contributed by atoms with van der Waals surface area (Å²) < 4.78 is 10.3. The SMILES string of the molecule is CCCCOC(=O)N[C@@H](CNC(=O)c1ccc(OCCNC(=O)NCc2ccncc2)cc1O)C(=O)O. The van der Waals surface area contributed by atoms with E-state index in [1.165, 1.54) is 18.2 Å². The molecule has 200 valence electrons. The number of carbonyl (C=O) groups excluding carboxylic acids is 3. The first-order valence-electron chi connectivity index (χ1n) is 11.6. The number of urea groups is 1. The summed E-state index contributed by atoms with van der Waals surface area (Å²) in [4.78, 5) is 51.2. The maximum Gasteiger partial charge on any atom is 0.407 e. The summed E-state index contributed by atoms with van der Waals surface area (Å²) >= 11 is 0. The second-order valence-corrected chi connectivity index (χ2v) is 7.73. The maximum absolute atomic E-state index is 12.4. The second-order valence-electron chi connectivity index (χ2n) is 7.73. The van der Waals surface area contributed by atoms with Gasteiger partial charge in [0, 0.05) is 31.5 Å². The minimum Gasteiger partial charge on any atom is -0.507 e. The van der Waals surface area contributed by atoms with Crippen LogP contribution in [0.3, 0.4) is 0 Å². The van der Waals surface area contributed by atoms with Gasteiger partial charge in [0.15, 0.2) is 0 Å². The number of phenols is 1. The fraction of sp³-hybridized carbons (Fsp3) is 0.375. The minimum absolute atomic E-state index is 0.105. The molecule has 6 N–H and O–H groups in total. The topological polar surface area (TPSA) is 188 Å². The molecule has 0 saturated carbocycles. The molecule has 37 heavy (non-hydrogen) atoms. The van der Waals surface area contributed by atoms with E-state index in [0.29, 0.717) is 13.0 Å². The number of carboxylic acids is 1. The van der Waals surface area contributed by atoms with E-state index >= 15 is 0 Å². The first-order valence-corrected chi connectivity index (χ1v) is 11.6. The molecule has 2 rings (SSSR count). The van der Waals surface area contributed by atoms with E-state index in [9.17, 15) is 29.4 Å². The zero-order valence-electron chi connectivity index (χ0n) is 20.4. The molecular weight excluding hydrogens is 486 g/mol. The largest absolute Gasteiger partial charge is 0.507 e. The quantitative estimate of drug-likeness (QED) is 0.201. The zero-order valence-corrected chi connectivity index (χ0v) is 20.4. The van der Waals surface area contributed by atoms with E-state index < -0.39 is 36.3 Å². The molecule has 1 atom stereocenters. The van der Waals surface area contributed by atoms with Crippen molar-refractivity contribution in [1.82, 2.24) is 26.3 Å². The Morgan fingerprint density at radius 1 is 1.03 bits per heavy atom. The third-order valence-electron chi connectivity index (χ3n) is 4.86. The van der Waals surface area contributed by atoms with Gasteiger partial charge in [-0.3, -0.25) is 9.78 Å². The Labute approximate surface area is 213 Å². The standard InChI is InChI=1S/C24H31N5O8/c1-2-3-11-37-24(35)29-19(22(32)33)15-27-21(31)18-5-4-17(13-20(18)30)36-12-10-26-23(34)28-14-16-6-8-25-9-7-16/h4-9,13,19,30H,2-3,10-12,14-15H2,1H3,(H,27,31)(H,29,35)(H,32,33)(H2,26,28,34)/t19-/m0/s1. The van der Waals surface area contributed by atoms with Crippen molar-refractivity contribution in [3.63, 3.8) is 0 Å². The van der Waals surface area contributed by atoms with Gasteiger partial charge in [0.05, 0.1) is 18.7 Å². The Morgan fingerprint density at radius 2 is 1.78 bits per heavy atom. The highest BCUT2D eigenvalue weighted by molar-refractivity contribution is 5.97. The van der Waals surface area contributed by atoms with E-state index in [4.69, 9.17) is 9.47 Å². The van der Waals surface area contributed by atoms with Crippen molar-refractivity contribution in [2.75, 3.05) is 26.3 Å². The molecule has 0 aliphatic rings.